The zero-order valence-corrected chi connectivity index (χ0v) is 20.5. The van der Waals surface area contributed by atoms with Crippen LogP contribution in [0, 0.1) is 5.82 Å². The van der Waals surface area contributed by atoms with Crippen molar-refractivity contribution in [2.75, 3.05) is 5.32 Å². The number of rotatable bonds is 6. The quantitative estimate of drug-likeness (QED) is 0.329. The van der Waals surface area contributed by atoms with Gasteiger partial charge in [-0.15, -0.1) is 0 Å². The van der Waals surface area contributed by atoms with Gasteiger partial charge in [-0.1, -0.05) is 12.1 Å². The molecule has 0 atom stereocenters. The van der Waals surface area contributed by atoms with Crippen molar-refractivity contribution in [3.63, 3.8) is 0 Å². The summed E-state index contributed by atoms with van der Waals surface area (Å²) in [5.74, 6) is -0.209. The number of carbonyl (C=O) groups is 1. The van der Waals surface area contributed by atoms with Gasteiger partial charge in [0.25, 0.3) is 11.5 Å². The maximum absolute atomic E-state index is 13.4. The number of benzene rings is 1. The van der Waals surface area contributed by atoms with Gasteiger partial charge in [-0.3, -0.25) is 14.3 Å². The smallest absolute Gasteiger partial charge is 0.261 e. The predicted molar refractivity (Wildman–Crippen MR) is 142 cm³/mol. The normalized spacial score (nSPS) is 11.0. The Balaban J connectivity index is 1.24. The lowest BCUT2D eigenvalue weighted by Crippen LogP contribution is -2.24. The molecule has 11 heteroatoms. The Labute approximate surface area is 220 Å². The van der Waals surface area contributed by atoms with E-state index in [-0.39, 0.29) is 5.56 Å². The van der Waals surface area contributed by atoms with E-state index in [0.717, 1.165) is 16.6 Å². The van der Waals surface area contributed by atoms with E-state index in [0.29, 0.717) is 28.4 Å². The number of aryl methyl sites for hydroxylation is 1. The molecule has 0 spiro atoms. The van der Waals surface area contributed by atoms with Crippen LogP contribution in [-0.2, 0) is 7.05 Å². The Morgan fingerprint density at radius 3 is 2.56 bits per heavy atom. The van der Waals surface area contributed by atoms with Crippen molar-refractivity contribution in [2.24, 2.45) is 7.05 Å². The molecule has 1 aromatic carbocycles. The third-order valence-electron chi connectivity index (χ3n) is 6.06. The Morgan fingerprint density at radius 1 is 0.974 bits per heavy atom. The fraction of sp³-hybridized carbons (Fsp3) is 0.0357. The first-order chi connectivity index (χ1) is 18.9. The first-order valence-corrected chi connectivity index (χ1v) is 11.8. The zero-order valence-electron chi connectivity index (χ0n) is 20.5. The molecule has 0 aliphatic carbocycles. The van der Waals surface area contributed by atoms with Gasteiger partial charge in [-0.2, -0.15) is 10.2 Å². The number of halogens is 1. The van der Waals surface area contributed by atoms with Crippen molar-refractivity contribution in [2.45, 2.75) is 0 Å². The molecule has 1 amide bonds. The molecule has 6 rings (SSSR count). The van der Waals surface area contributed by atoms with E-state index in [1.54, 1.807) is 39.8 Å². The monoisotopic (exact) mass is 521 g/mol. The third kappa shape index (κ3) is 4.76. The molecule has 5 heterocycles. The summed E-state index contributed by atoms with van der Waals surface area (Å²) in [7, 11) is 1.84. The Morgan fingerprint density at radius 2 is 1.82 bits per heavy atom. The fourth-order valence-corrected chi connectivity index (χ4v) is 4.20. The van der Waals surface area contributed by atoms with Crippen LogP contribution in [0.4, 0.5) is 10.1 Å². The Hall–Kier alpha value is -5.58. The minimum Gasteiger partial charge on any atom is -0.437 e. The van der Waals surface area contributed by atoms with E-state index in [1.165, 1.54) is 36.7 Å². The van der Waals surface area contributed by atoms with Crippen LogP contribution in [0.15, 0.2) is 96.6 Å². The summed E-state index contributed by atoms with van der Waals surface area (Å²) in [6.07, 6.45) is 10.1. The number of pyridine rings is 3. The largest absolute Gasteiger partial charge is 0.437 e. The topological polar surface area (TPSA) is 119 Å². The van der Waals surface area contributed by atoms with Gasteiger partial charge in [0.05, 0.1) is 24.3 Å². The van der Waals surface area contributed by atoms with Gasteiger partial charge in [0.2, 0.25) is 5.88 Å². The summed E-state index contributed by atoms with van der Waals surface area (Å²) in [5, 5.41) is 11.2. The van der Waals surface area contributed by atoms with Gasteiger partial charge < -0.3 is 15.0 Å². The molecule has 0 saturated heterocycles. The molecule has 2 N–H and O–H groups in total. The Bertz CT molecular complexity index is 1870. The number of aromatic nitrogens is 6. The lowest BCUT2D eigenvalue weighted by molar-refractivity contribution is 0.102. The van der Waals surface area contributed by atoms with E-state index in [4.69, 9.17) is 4.74 Å². The predicted octanol–water partition coefficient (Wildman–Crippen LogP) is 4.67. The van der Waals surface area contributed by atoms with Crippen LogP contribution >= 0.6 is 0 Å². The van der Waals surface area contributed by atoms with Crippen LogP contribution < -0.4 is 15.6 Å². The molecule has 0 saturated carbocycles. The highest BCUT2D eigenvalue weighted by atomic mass is 19.1. The van der Waals surface area contributed by atoms with Gasteiger partial charge in [0.1, 0.15) is 16.9 Å². The molecule has 5 aromatic heterocycles. The highest BCUT2D eigenvalue weighted by molar-refractivity contribution is 6.08. The SMILES string of the molecule is Cn1cc(-c2cc(Oc3ccc(NC(=O)c4c(-c5ccc(F)cc5)cc[nH]c4=O)cn3)c3ccnn3c2)cn1. The van der Waals surface area contributed by atoms with E-state index >= 15 is 0 Å². The third-order valence-corrected chi connectivity index (χ3v) is 6.06. The number of nitrogens with one attached hydrogen (secondary N) is 2. The summed E-state index contributed by atoms with van der Waals surface area (Å²) in [4.78, 5) is 32.5. The van der Waals surface area contributed by atoms with E-state index < -0.39 is 17.3 Å². The van der Waals surface area contributed by atoms with Crippen molar-refractivity contribution < 1.29 is 13.9 Å². The maximum atomic E-state index is 13.4. The van der Waals surface area contributed by atoms with Gasteiger partial charge in [-0.25, -0.2) is 13.9 Å². The molecule has 192 valence electrons. The number of H-pyrrole nitrogens is 1. The number of fused-ring (bicyclic) bond motifs is 1. The maximum Gasteiger partial charge on any atom is 0.261 e. The summed E-state index contributed by atoms with van der Waals surface area (Å²) in [5.41, 5.74) is 3.12. The lowest BCUT2D eigenvalue weighted by Gasteiger charge is -2.11. The molecule has 0 aliphatic rings. The minimum atomic E-state index is -0.628. The van der Waals surface area contributed by atoms with Crippen molar-refractivity contribution in [1.29, 1.82) is 0 Å². The zero-order chi connectivity index (χ0) is 26.9. The molecule has 0 bridgehead atoms. The second-order valence-corrected chi connectivity index (χ2v) is 8.70. The number of carbonyl (C=O) groups excluding carboxylic acids is 1. The summed E-state index contributed by atoms with van der Waals surface area (Å²) < 4.78 is 22.9. The van der Waals surface area contributed by atoms with Crippen LogP contribution in [0.3, 0.4) is 0 Å². The van der Waals surface area contributed by atoms with E-state index in [1.807, 2.05) is 31.6 Å². The Kier molecular flexibility index (Phi) is 5.92. The lowest BCUT2D eigenvalue weighted by atomic mass is 10.0. The molecule has 0 radical (unpaired) electrons. The van der Waals surface area contributed by atoms with Gasteiger partial charge in [0, 0.05) is 48.4 Å². The number of aromatic amines is 1. The first-order valence-electron chi connectivity index (χ1n) is 11.8. The molecule has 0 unspecified atom stereocenters. The second kappa shape index (κ2) is 9.71. The van der Waals surface area contributed by atoms with Crippen molar-refractivity contribution in [3.8, 4) is 33.9 Å². The number of amides is 1. The molecule has 10 nitrogen and oxygen atoms in total. The average Bonchev–Trinajstić information content (AvgIpc) is 3.59. The summed E-state index contributed by atoms with van der Waals surface area (Å²) in [6.45, 7) is 0. The number of nitrogens with zero attached hydrogens (tertiary/aromatic N) is 5. The minimum absolute atomic E-state index is 0.0974. The summed E-state index contributed by atoms with van der Waals surface area (Å²) >= 11 is 0. The highest BCUT2D eigenvalue weighted by Crippen LogP contribution is 2.31. The van der Waals surface area contributed by atoms with Crippen LogP contribution in [0.2, 0.25) is 0 Å². The molecular formula is C28H20FN7O3. The second-order valence-electron chi connectivity index (χ2n) is 8.70. The number of hydrogen-bond acceptors (Lipinski definition) is 6. The van der Waals surface area contributed by atoms with Crippen molar-refractivity contribution in [3.05, 3.63) is 114 Å². The number of anilines is 1. The van der Waals surface area contributed by atoms with Gasteiger partial charge in [-0.05, 0) is 42.0 Å². The standard InChI is InChI=1S/C28H20FN7O3/c1-35-15-19(13-33-35)18-12-24(23-9-11-32-36(23)16-18)39-25-7-6-21(14-31-25)34-28(38)26-22(8-10-30-27(26)37)17-2-4-20(29)5-3-17/h2-16H,1H3,(H,30,37)(H,34,38). The summed E-state index contributed by atoms with van der Waals surface area (Å²) in [6, 6.07) is 14.1. The van der Waals surface area contributed by atoms with Crippen molar-refractivity contribution >= 4 is 17.1 Å². The van der Waals surface area contributed by atoms with Gasteiger partial charge >= 0.3 is 0 Å². The highest BCUT2D eigenvalue weighted by Gasteiger charge is 2.18. The van der Waals surface area contributed by atoms with Gasteiger partial charge in [0.15, 0.2) is 5.75 Å². The number of ether oxygens (including phenoxy) is 1. The molecule has 0 aliphatic heterocycles. The fourth-order valence-electron chi connectivity index (χ4n) is 4.20. The van der Waals surface area contributed by atoms with E-state index in [9.17, 15) is 14.0 Å². The molecule has 39 heavy (non-hydrogen) atoms. The van der Waals surface area contributed by atoms with Crippen LogP contribution in [0.1, 0.15) is 10.4 Å². The molecule has 6 aromatic rings. The van der Waals surface area contributed by atoms with E-state index in [2.05, 4.69) is 25.5 Å². The van der Waals surface area contributed by atoms with Crippen molar-refractivity contribution in [1.82, 2.24) is 29.4 Å². The first kappa shape index (κ1) is 23.8. The van der Waals surface area contributed by atoms with Crippen LogP contribution in [-0.4, -0.2) is 35.3 Å². The van der Waals surface area contributed by atoms with Crippen LogP contribution in [0.5, 0.6) is 11.6 Å². The average molecular weight is 522 g/mol. The molecular weight excluding hydrogens is 501 g/mol. The number of hydrogen-bond donors (Lipinski definition) is 2. The molecule has 0 fully saturated rings. The van der Waals surface area contributed by atoms with Crippen LogP contribution in [0.25, 0.3) is 27.8 Å².